The number of esters is 1. The number of ether oxygens (including phenoxy) is 6. The lowest BCUT2D eigenvalue weighted by Gasteiger charge is -2.39. The van der Waals surface area contributed by atoms with Crippen molar-refractivity contribution in [1.82, 2.24) is 15.5 Å². The van der Waals surface area contributed by atoms with E-state index < -0.39 is 40.6 Å². The van der Waals surface area contributed by atoms with Crippen LogP contribution in [0.3, 0.4) is 0 Å². The first-order valence-corrected chi connectivity index (χ1v) is 14.3. The number of non-ortho nitro benzene ring substituents is 1. The molecule has 1 amide bonds. The molecule has 14 heteroatoms. The summed E-state index contributed by atoms with van der Waals surface area (Å²) in [5.41, 5.74) is 3.37. The zero-order valence-electron chi connectivity index (χ0n) is 24.9. The number of carbonyl (C=O) groups is 2. The number of nitro benzene ring substituents is 1. The predicted molar refractivity (Wildman–Crippen MR) is 159 cm³/mol. The van der Waals surface area contributed by atoms with E-state index in [-0.39, 0.29) is 24.8 Å². The SMILES string of the molecule is COc1cc([C@@H]2c3cc4c(cc3[C@@H](NC(=O)c3cc(-c5ccc([N+](=O)[O-])cc5)n[nH]3)[C@H]3COC(=O)[C@H]23)OCO4)cc(OC)c1OC. The lowest BCUT2D eigenvalue weighted by molar-refractivity contribution is -0.384. The summed E-state index contributed by atoms with van der Waals surface area (Å²) in [4.78, 5) is 37.7. The van der Waals surface area contributed by atoms with Crippen LogP contribution in [0.4, 0.5) is 5.69 Å². The smallest absolute Gasteiger partial charge is 0.310 e. The summed E-state index contributed by atoms with van der Waals surface area (Å²) in [5.74, 6) is -0.150. The van der Waals surface area contributed by atoms with Crippen LogP contribution >= 0.6 is 0 Å². The third-order valence-electron chi connectivity index (χ3n) is 8.72. The molecule has 2 aliphatic heterocycles. The molecule has 1 saturated heterocycles. The topological polar surface area (TPSA) is 173 Å². The number of nitro groups is 1. The van der Waals surface area contributed by atoms with E-state index in [1.165, 1.54) is 33.5 Å². The number of benzene rings is 3. The van der Waals surface area contributed by atoms with Crippen LogP contribution in [-0.4, -0.2) is 61.7 Å². The van der Waals surface area contributed by atoms with Crippen molar-refractivity contribution >= 4 is 17.6 Å². The average molecular weight is 629 g/mol. The number of fused-ring (bicyclic) bond motifs is 3. The van der Waals surface area contributed by atoms with Gasteiger partial charge in [0.15, 0.2) is 23.0 Å². The number of nitrogens with zero attached hydrogens (tertiary/aromatic N) is 2. The number of cyclic esters (lactones) is 1. The Morgan fingerprint density at radius 3 is 2.26 bits per heavy atom. The average Bonchev–Trinajstić information content (AvgIpc) is 3.84. The van der Waals surface area contributed by atoms with Crippen LogP contribution in [0.2, 0.25) is 0 Å². The van der Waals surface area contributed by atoms with Crippen LogP contribution in [0.1, 0.15) is 39.1 Å². The quantitative estimate of drug-likeness (QED) is 0.163. The van der Waals surface area contributed by atoms with Crippen molar-refractivity contribution in [3.8, 4) is 40.0 Å². The van der Waals surface area contributed by atoms with E-state index in [1.54, 1.807) is 18.2 Å². The second kappa shape index (κ2) is 11.3. The zero-order chi connectivity index (χ0) is 32.1. The fraction of sp³-hybridized carbons (Fsp3) is 0.281. The van der Waals surface area contributed by atoms with Gasteiger partial charge in [-0.1, -0.05) is 0 Å². The minimum atomic E-state index is -0.668. The van der Waals surface area contributed by atoms with E-state index in [1.807, 2.05) is 24.3 Å². The van der Waals surface area contributed by atoms with Gasteiger partial charge in [-0.25, -0.2) is 0 Å². The highest BCUT2D eigenvalue weighted by Crippen LogP contribution is 2.55. The van der Waals surface area contributed by atoms with Gasteiger partial charge >= 0.3 is 5.97 Å². The minimum Gasteiger partial charge on any atom is -0.493 e. The van der Waals surface area contributed by atoms with E-state index >= 15 is 0 Å². The largest absolute Gasteiger partial charge is 0.493 e. The Bertz CT molecular complexity index is 1850. The molecular formula is C32H28N4O10. The third-order valence-corrected chi connectivity index (χ3v) is 8.72. The van der Waals surface area contributed by atoms with Gasteiger partial charge in [0.25, 0.3) is 11.6 Å². The Morgan fingerprint density at radius 1 is 0.957 bits per heavy atom. The monoisotopic (exact) mass is 628 g/mol. The normalized spacial score (nSPS) is 20.7. The van der Waals surface area contributed by atoms with E-state index in [2.05, 4.69) is 15.5 Å². The highest BCUT2D eigenvalue weighted by molar-refractivity contribution is 5.94. The fourth-order valence-corrected chi connectivity index (χ4v) is 6.59. The first kappa shape index (κ1) is 29.0. The number of rotatable bonds is 8. The van der Waals surface area contributed by atoms with Crippen LogP contribution < -0.4 is 29.0 Å². The van der Waals surface area contributed by atoms with Gasteiger partial charge in [-0.05, 0) is 59.2 Å². The number of methoxy groups -OCH3 is 3. The summed E-state index contributed by atoms with van der Waals surface area (Å²) >= 11 is 0. The maximum Gasteiger partial charge on any atom is 0.310 e. The van der Waals surface area contributed by atoms with Crippen molar-refractivity contribution in [3.05, 3.63) is 87.1 Å². The molecule has 0 spiro atoms. The molecule has 0 unspecified atom stereocenters. The Morgan fingerprint density at radius 2 is 1.63 bits per heavy atom. The molecule has 0 radical (unpaired) electrons. The number of hydrogen-bond donors (Lipinski definition) is 2. The molecule has 4 atom stereocenters. The summed E-state index contributed by atoms with van der Waals surface area (Å²) in [7, 11) is 4.56. The molecule has 4 aromatic rings. The molecule has 1 aromatic heterocycles. The molecule has 0 saturated carbocycles. The third kappa shape index (κ3) is 4.69. The first-order valence-electron chi connectivity index (χ1n) is 14.3. The highest BCUT2D eigenvalue weighted by Gasteiger charge is 2.53. The van der Waals surface area contributed by atoms with Gasteiger partial charge in [0.05, 0.1) is 50.5 Å². The lowest BCUT2D eigenvalue weighted by atomic mass is 9.65. The van der Waals surface area contributed by atoms with Gasteiger partial charge < -0.3 is 33.7 Å². The predicted octanol–water partition coefficient (Wildman–Crippen LogP) is 4.15. The molecule has 14 nitrogen and oxygen atoms in total. The van der Waals surface area contributed by atoms with Crippen LogP contribution in [-0.2, 0) is 9.53 Å². The Kier molecular flexibility index (Phi) is 7.11. The van der Waals surface area contributed by atoms with Crippen LogP contribution in [0.5, 0.6) is 28.7 Å². The van der Waals surface area contributed by atoms with Gasteiger partial charge in [-0.3, -0.25) is 24.8 Å². The second-order valence-corrected chi connectivity index (χ2v) is 11.0. The van der Waals surface area contributed by atoms with Crippen molar-refractivity contribution in [3.63, 3.8) is 0 Å². The molecule has 3 aliphatic rings. The number of nitrogens with one attached hydrogen (secondary N) is 2. The Labute approximate surface area is 261 Å². The molecule has 2 N–H and O–H groups in total. The van der Waals surface area contributed by atoms with Crippen LogP contribution in [0, 0.1) is 22.0 Å². The summed E-state index contributed by atoms with van der Waals surface area (Å²) in [5, 5.41) is 21.1. The number of amides is 1. The zero-order valence-corrected chi connectivity index (χ0v) is 24.9. The molecule has 1 fully saturated rings. The standard InChI is InChI=1S/C32H28N4O10/c1-41-25-8-16(9-26(42-2)30(25)43-3)27-18-10-23-24(46-14-45-23)11-19(18)29(20-13-44-32(38)28(20)27)33-31(37)22-12-21(34-35-22)15-4-6-17(7-5-15)36(39)40/h4-12,20,27-29H,13-14H2,1-3H3,(H,33,37)(H,34,35)/t20-,27+,28-,29+/m0/s1. The van der Waals surface area contributed by atoms with E-state index in [9.17, 15) is 19.7 Å². The van der Waals surface area contributed by atoms with Crippen molar-refractivity contribution < 1.29 is 42.9 Å². The lowest BCUT2D eigenvalue weighted by Crippen LogP contribution is -2.43. The molecule has 1 aliphatic carbocycles. The van der Waals surface area contributed by atoms with Crippen molar-refractivity contribution in [2.75, 3.05) is 34.7 Å². The van der Waals surface area contributed by atoms with Crippen molar-refractivity contribution in [2.24, 2.45) is 11.8 Å². The van der Waals surface area contributed by atoms with Gasteiger partial charge in [0, 0.05) is 29.5 Å². The summed E-state index contributed by atoms with van der Waals surface area (Å²) in [6, 6.07) is 14.1. The van der Waals surface area contributed by atoms with Gasteiger partial charge in [-0.15, -0.1) is 0 Å². The Balaban J connectivity index is 1.28. The summed E-state index contributed by atoms with van der Waals surface area (Å²) in [6.45, 7) is 0.124. The molecular weight excluding hydrogens is 600 g/mol. The maximum atomic E-state index is 13.7. The molecule has 236 valence electrons. The van der Waals surface area contributed by atoms with E-state index in [0.29, 0.717) is 40.0 Å². The van der Waals surface area contributed by atoms with Crippen molar-refractivity contribution in [2.45, 2.75) is 12.0 Å². The highest BCUT2D eigenvalue weighted by atomic mass is 16.7. The summed E-state index contributed by atoms with van der Waals surface area (Å²) < 4.78 is 33.8. The minimum absolute atomic E-state index is 0.0402. The van der Waals surface area contributed by atoms with Gasteiger partial charge in [0.2, 0.25) is 12.5 Å². The fourth-order valence-electron chi connectivity index (χ4n) is 6.59. The maximum absolute atomic E-state index is 13.7. The molecule has 46 heavy (non-hydrogen) atoms. The van der Waals surface area contributed by atoms with Crippen LogP contribution in [0.25, 0.3) is 11.3 Å². The van der Waals surface area contributed by atoms with E-state index in [0.717, 1.165) is 16.7 Å². The Hall–Kier alpha value is -5.79. The van der Waals surface area contributed by atoms with Gasteiger partial charge in [-0.2, -0.15) is 5.10 Å². The summed E-state index contributed by atoms with van der Waals surface area (Å²) in [6.07, 6.45) is 0. The number of aromatic nitrogens is 2. The number of hydrogen-bond acceptors (Lipinski definition) is 11. The van der Waals surface area contributed by atoms with Crippen LogP contribution in [0.15, 0.2) is 54.6 Å². The first-order chi connectivity index (χ1) is 22.3. The van der Waals surface area contributed by atoms with Gasteiger partial charge in [0.1, 0.15) is 5.69 Å². The molecule has 7 rings (SSSR count). The molecule has 3 heterocycles. The van der Waals surface area contributed by atoms with E-state index in [4.69, 9.17) is 28.4 Å². The van der Waals surface area contributed by atoms with Crippen molar-refractivity contribution in [1.29, 1.82) is 0 Å². The number of carbonyl (C=O) groups excluding carboxylic acids is 2. The number of H-pyrrole nitrogens is 1. The molecule has 0 bridgehead atoms. The second-order valence-electron chi connectivity index (χ2n) is 11.0. The molecule has 3 aromatic carbocycles. The number of aromatic amines is 1.